The van der Waals surface area contributed by atoms with Crippen LogP contribution in [0.3, 0.4) is 0 Å². The molecule has 2 aromatic rings. The second kappa shape index (κ2) is 4.52. The highest BCUT2D eigenvalue weighted by atomic mass is 15.3. The number of aromatic nitrogens is 2. The van der Waals surface area contributed by atoms with E-state index in [4.69, 9.17) is 0 Å². The Hall–Kier alpha value is -1.57. The molecule has 84 valence electrons. The van der Waals surface area contributed by atoms with Crippen LogP contribution in [0.15, 0.2) is 36.5 Å². The molecule has 0 radical (unpaired) electrons. The lowest BCUT2D eigenvalue weighted by molar-refractivity contribution is 0.628. The highest BCUT2D eigenvalue weighted by molar-refractivity contribution is 5.34. The maximum atomic E-state index is 4.58. The molecule has 1 heterocycles. The molecule has 16 heavy (non-hydrogen) atoms. The maximum Gasteiger partial charge on any atom is 0.0648 e. The first kappa shape index (κ1) is 10.9. The van der Waals surface area contributed by atoms with Crippen molar-refractivity contribution < 1.29 is 0 Å². The zero-order valence-corrected chi connectivity index (χ0v) is 10.1. The largest absolute Gasteiger partial charge is 0.241 e. The Labute approximate surface area is 96.9 Å². The van der Waals surface area contributed by atoms with Gasteiger partial charge in [0.25, 0.3) is 0 Å². The van der Waals surface area contributed by atoms with Gasteiger partial charge in [-0.05, 0) is 43.0 Å². The lowest BCUT2D eigenvalue weighted by atomic mass is 10.1. The van der Waals surface area contributed by atoms with E-state index in [-0.39, 0.29) is 0 Å². The van der Waals surface area contributed by atoms with Crippen molar-refractivity contribution in [2.24, 2.45) is 5.92 Å². The van der Waals surface area contributed by atoms with Crippen molar-refractivity contribution in [1.29, 1.82) is 0 Å². The molecule has 0 aliphatic carbocycles. The second-order valence-corrected chi connectivity index (χ2v) is 4.69. The zero-order chi connectivity index (χ0) is 11.5. The Morgan fingerprint density at radius 1 is 1.25 bits per heavy atom. The second-order valence-electron chi connectivity index (χ2n) is 4.69. The van der Waals surface area contributed by atoms with Gasteiger partial charge < -0.3 is 0 Å². The highest BCUT2D eigenvalue weighted by Gasteiger charge is 2.03. The van der Waals surface area contributed by atoms with E-state index in [2.05, 4.69) is 56.2 Å². The van der Waals surface area contributed by atoms with E-state index in [0.29, 0.717) is 5.92 Å². The number of nitrogens with zero attached hydrogens (tertiary/aromatic N) is 2. The van der Waals surface area contributed by atoms with Crippen molar-refractivity contribution in [2.45, 2.75) is 27.2 Å². The van der Waals surface area contributed by atoms with Gasteiger partial charge in [0, 0.05) is 6.20 Å². The molecule has 0 aliphatic heterocycles. The maximum absolute atomic E-state index is 4.58. The molecule has 0 fully saturated rings. The van der Waals surface area contributed by atoms with Gasteiger partial charge in [-0.2, -0.15) is 5.10 Å². The minimum absolute atomic E-state index is 0.654. The number of rotatable bonds is 3. The summed E-state index contributed by atoms with van der Waals surface area (Å²) in [5, 5.41) is 4.58. The number of hydrogen-bond donors (Lipinski definition) is 0. The molecule has 0 spiro atoms. The van der Waals surface area contributed by atoms with E-state index < -0.39 is 0 Å². The van der Waals surface area contributed by atoms with Crippen molar-refractivity contribution in [3.8, 4) is 5.69 Å². The van der Waals surface area contributed by atoms with Crippen molar-refractivity contribution in [3.05, 3.63) is 47.8 Å². The highest BCUT2D eigenvalue weighted by Crippen LogP contribution is 2.11. The van der Waals surface area contributed by atoms with E-state index in [1.54, 1.807) is 0 Å². The summed E-state index contributed by atoms with van der Waals surface area (Å²) in [6.45, 7) is 6.53. The molecule has 0 saturated carbocycles. The summed E-state index contributed by atoms with van der Waals surface area (Å²) in [6, 6.07) is 10.5. The van der Waals surface area contributed by atoms with Crippen LogP contribution in [-0.4, -0.2) is 9.78 Å². The average molecular weight is 214 g/mol. The lowest BCUT2D eigenvalue weighted by Gasteiger charge is -2.03. The zero-order valence-electron chi connectivity index (χ0n) is 10.1. The van der Waals surface area contributed by atoms with E-state index in [0.717, 1.165) is 17.8 Å². The Morgan fingerprint density at radius 2 is 2.06 bits per heavy atom. The molecular weight excluding hydrogens is 196 g/mol. The molecule has 0 bridgehead atoms. The molecular formula is C14H18N2. The van der Waals surface area contributed by atoms with Crippen molar-refractivity contribution in [1.82, 2.24) is 9.78 Å². The van der Waals surface area contributed by atoms with E-state index in [1.807, 2.05) is 10.9 Å². The monoisotopic (exact) mass is 214 g/mol. The van der Waals surface area contributed by atoms with Crippen molar-refractivity contribution >= 4 is 0 Å². The van der Waals surface area contributed by atoms with E-state index >= 15 is 0 Å². The van der Waals surface area contributed by atoms with Gasteiger partial charge >= 0.3 is 0 Å². The van der Waals surface area contributed by atoms with Crippen LogP contribution in [0.2, 0.25) is 0 Å². The molecule has 0 unspecified atom stereocenters. The summed E-state index contributed by atoms with van der Waals surface area (Å²) in [6.07, 6.45) is 3.07. The van der Waals surface area contributed by atoms with Gasteiger partial charge in [-0.1, -0.05) is 26.0 Å². The number of benzene rings is 1. The van der Waals surface area contributed by atoms with Gasteiger partial charge in [-0.3, -0.25) is 0 Å². The fourth-order valence-corrected chi connectivity index (χ4v) is 1.80. The Balaban J connectivity index is 2.24. The Morgan fingerprint density at radius 3 is 2.75 bits per heavy atom. The van der Waals surface area contributed by atoms with Crippen LogP contribution in [0.5, 0.6) is 0 Å². The molecule has 2 heteroatoms. The molecule has 0 aliphatic rings. The number of aryl methyl sites for hydroxylation is 1. The minimum Gasteiger partial charge on any atom is -0.241 e. The van der Waals surface area contributed by atoms with Gasteiger partial charge in [0.05, 0.1) is 11.4 Å². The summed E-state index contributed by atoms with van der Waals surface area (Å²) < 4.78 is 1.95. The van der Waals surface area contributed by atoms with E-state index in [1.165, 1.54) is 5.56 Å². The summed E-state index contributed by atoms with van der Waals surface area (Å²) in [5.74, 6) is 0.654. The summed E-state index contributed by atoms with van der Waals surface area (Å²) >= 11 is 0. The fourth-order valence-electron chi connectivity index (χ4n) is 1.80. The standard InChI is InChI=1S/C14H18N2/c1-11(2)9-13-7-8-16(15-13)14-6-4-5-12(3)10-14/h4-8,10-11H,9H2,1-3H3. The van der Waals surface area contributed by atoms with E-state index in [9.17, 15) is 0 Å². The Bertz CT molecular complexity index is 469. The molecule has 0 N–H and O–H groups in total. The lowest BCUT2D eigenvalue weighted by Crippen LogP contribution is -1.99. The van der Waals surface area contributed by atoms with Crippen molar-refractivity contribution in [2.75, 3.05) is 0 Å². The average Bonchev–Trinajstić information content (AvgIpc) is 2.65. The predicted octanol–water partition coefficient (Wildman–Crippen LogP) is 3.38. The molecule has 2 rings (SSSR count). The minimum atomic E-state index is 0.654. The third-order valence-corrected chi connectivity index (χ3v) is 2.53. The Kier molecular flexibility index (Phi) is 3.09. The quantitative estimate of drug-likeness (QED) is 0.766. The normalized spacial score (nSPS) is 11.0. The van der Waals surface area contributed by atoms with Gasteiger partial charge in [-0.15, -0.1) is 0 Å². The summed E-state index contributed by atoms with van der Waals surface area (Å²) in [4.78, 5) is 0. The van der Waals surface area contributed by atoms with Gasteiger partial charge in [0.15, 0.2) is 0 Å². The molecule has 0 amide bonds. The molecule has 2 nitrogen and oxygen atoms in total. The van der Waals surface area contributed by atoms with Crippen molar-refractivity contribution in [3.63, 3.8) is 0 Å². The third kappa shape index (κ3) is 2.51. The van der Waals surface area contributed by atoms with Crippen LogP contribution in [0, 0.1) is 12.8 Å². The molecule has 0 atom stereocenters. The first-order valence-electron chi connectivity index (χ1n) is 5.77. The smallest absolute Gasteiger partial charge is 0.0648 e. The first-order valence-corrected chi connectivity index (χ1v) is 5.77. The van der Waals surface area contributed by atoms with Crippen LogP contribution >= 0.6 is 0 Å². The third-order valence-electron chi connectivity index (χ3n) is 2.53. The van der Waals surface area contributed by atoms with Crippen LogP contribution in [-0.2, 0) is 6.42 Å². The van der Waals surface area contributed by atoms with Crippen LogP contribution in [0.1, 0.15) is 25.1 Å². The summed E-state index contributed by atoms with van der Waals surface area (Å²) in [5.41, 5.74) is 3.56. The molecule has 1 aromatic carbocycles. The van der Waals surface area contributed by atoms with Gasteiger partial charge in [0.1, 0.15) is 0 Å². The van der Waals surface area contributed by atoms with Gasteiger partial charge in [-0.25, -0.2) is 4.68 Å². The molecule has 0 saturated heterocycles. The fraction of sp³-hybridized carbons (Fsp3) is 0.357. The first-order chi connectivity index (χ1) is 7.65. The van der Waals surface area contributed by atoms with Crippen LogP contribution in [0.25, 0.3) is 5.69 Å². The number of hydrogen-bond acceptors (Lipinski definition) is 1. The predicted molar refractivity (Wildman–Crippen MR) is 66.8 cm³/mol. The topological polar surface area (TPSA) is 17.8 Å². The summed E-state index contributed by atoms with van der Waals surface area (Å²) in [7, 11) is 0. The SMILES string of the molecule is Cc1cccc(-n2ccc(CC(C)C)n2)c1. The molecule has 1 aromatic heterocycles. The van der Waals surface area contributed by atoms with Crippen LogP contribution < -0.4 is 0 Å². The van der Waals surface area contributed by atoms with Crippen LogP contribution in [0.4, 0.5) is 0 Å². The van der Waals surface area contributed by atoms with Gasteiger partial charge in [0.2, 0.25) is 0 Å².